The summed E-state index contributed by atoms with van der Waals surface area (Å²) in [5.74, 6) is 1.78. The molecule has 0 atom stereocenters. The number of ether oxygens (including phenoxy) is 2. The SMILES string of the molecule is CC(C)c1c(CCCO)cc(Cl)c2c1OCO2. The summed E-state index contributed by atoms with van der Waals surface area (Å²) in [7, 11) is 0. The van der Waals surface area contributed by atoms with E-state index in [1.165, 1.54) is 0 Å². The van der Waals surface area contributed by atoms with Crippen LogP contribution in [-0.4, -0.2) is 18.5 Å². The summed E-state index contributed by atoms with van der Waals surface area (Å²) in [4.78, 5) is 0. The molecule has 1 heterocycles. The van der Waals surface area contributed by atoms with Gasteiger partial charge in [0.25, 0.3) is 0 Å². The molecule has 94 valence electrons. The molecule has 1 aromatic carbocycles. The monoisotopic (exact) mass is 256 g/mol. The van der Waals surface area contributed by atoms with Gasteiger partial charge in [-0.05, 0) is 30.4 Å². The molecule has 2 rings (SSSR count). The fourth-order valence-corrected chi connectivity index (χ4v) is 2.48. The Labute approximate surface area is 106 Å². The van der Waals surface area contributed by atoms with Gasteiger partial charge < -0.3 is 14.6 Å². The number of halogens is 1. The Kier molecular flexibility index (Phi) is 3.79. The van der Waals surface area contributed by atoms with Gasteiger partial charge >= 0.3 is 0 Å². The largest absolute Gasteiger partial charge is 0.453 e. The number of benzene rings is 1. The van der Waals surface area contributed by atoms with Gasteiger partial charge in [0.15, 0.2) is 11.5 Å². The van der Waals surface area contributed by atoms with E-state index in [4.69, 9.17) is 26.2 Å². The van der Waals surface area contributed by atoms with Gasteiger partial charge in [-0.25, -0.2) is 0 Å². The maximum atomic E-state index is 8.93. The van der Waals surface area contributed by atoms with Gasteiger partial charge in [-0.3, -0.25) is 0 Å². The van der Waals surface area contributed by atoms with Crippen LogP contribution < -0.4 is 9.47 Å². The van der Waals surface area contributed by atoms with Crippen LogP contribution in [0.15, 0.2) is 6.07 Å². The fourth-order valence-electron chi connectivity index (χ4n) is 2.21. The molecule has 1 aliphatic heterocycles. The topological polar surface area (TPSA) is 38.7 Å². The zero-order valence-electron chi connectivity index (χ0n) is 10.1. The molecule has 1 aliphatic rings. The van der Waals surface area contributed by atoms with E-state index in [1.54, 1.807) is 0 Å². The number of aliphatic hydroxyl groups excluding tert-OH is 1. The maximum Gasteiger partial charge on any atom is 0.231 e. The third kappa shape index (κ3) is 2.35. The number of aliphatic hydroxyl groups is 1. The number of hydrogen-bond acceptors (Lipinski definition) is 3. The second-order valence-corrected chi connectivity index (χ2v) is 4.89. The van der Waals surface area contributed by atoms with Crippen molar-refractivity contribution < 1.29 is 14.6 Å². The quantitative estimate of drug-likeness (QED) is 0.900. The lowest BCUT2D eigenvalue weighted by atomic mass is 9.93. The first kappa shape index (κ1) is 12.5. The molecule has 0 saturated heterocycles. The van der Waals surface area contributed by atoms with Crippen LogP contribution in [0.4, 0.5) is 0 Å². The number of aryl methyl sites for hydroxylation is 1. The van der Waals surface area contributed by atoms with E-state index in [0.29, 0.717) is 16.7 Å². The van der Waals surface area contributed by atoms with Crippen LogP contribution in [0.3, 0.4) is 0 Å². The summed E-state index contributed by atoms with van der Waals surface area (Å²) < 4.78 is 10.9. The number of fused-ring (bicyclic) bond motifs is 1. The summed E-state index contributed by atoms with van der Waals surface area (Å²) in [6, 6.07) is 1.93. The normalized spacial score (nSPS) is 13.5. The summed E-state index contributed by atoms with van der Waals surface area (Å²) in [5, 5.41) is 9.52. The smallest absolute Gasteiger partial charge is 0.231 e. The molecule has 0 aromatic heterocycles. The molecule has 4 heteroatoms. The van der Waals surface area contributed by atoms with E-state index in [1.807, 2.05) is 6.07 Å². The van der Waals surface area contributed by atoms with E-state index in [0.717, 1.165) is 29.7 Å². The molecule has 0 amide bonds. The molecule has 1 aromatic rings. The van der Waals surface area contributed by atoms with Gasteiger partial charge in [0, 0.05) is 12.2 Å². The van der Waals surface area contributed by atoms with Crippen molar-refractivity contribution in [3.8, 4) is 11.5 Å². The van der Waals surface area contributed by atoms with E-state index in [-0.39, 0.29) is 13.4 Å². The van der Waals surface area contributed by atoms with Gasteiger partial charge in [0.1, 0.15) is 0 Å². The van der Waals surface area contributed by atoms with Crippen LogP contribution >= 0.6 is 11.6 Å². The van der Waals surface area contributed by atoms with Crippen LogP contribution in [-0.2, 0) is 6.42 Å². The van der Waals surface area contributed by atoms with Gasteiger partial charge in [0.2, 0.25) is 6.79 Å². The van der Waals surface area contributed by atoms with E-state index in [9.17, 15) is 0 Å². The van der Waals surface area contributed by atoms with Gasteiger partial charge in [0.05, 0.1) is 5.02 Å². The van der Waals surface area contributed by atoms with E-state index >= 15 is 0 Å². The van der Waals surface area contributed by atoms with Crippen LogP contribution in [0, 0.1) is 0 Å². The number of rotatable bonds is 4. The molecule has 0 bridgehead atoms. The second kappa shape index (κ2) is 5.15. The predicted molar refractivity (Wildman–Crippen MR) is 67.1 cm³/mol. The van der Waals surface area contributed by atoms with Gasteiger partial charge in [-0.1, -0.05) is 25.4 Å². The Morgan fingerprint density at radius 2 is 2.06 bits per heavy atom. The van der Waals surface area contributed by atoms with Crippen LogP contribution in [0.1, 0.15) is 37.3 Å². The minimum atomic E-state index is 0.184. The molecule has 0 radical (unpaired) electrons. The average molecular weight is 257 g/mol. The summed E-state index contributed by atoms with van der Waals surface area (Å²) in [6.07, 6.45) is 1.54. The second-order valence-electron chi connectivity index (χ2n) is 4.48. The highest BCUT2D eigenvalue weighted by Crippen LogP contribution is 2.46. The highest BCUT2D eigenvalue weighted by Gasteiger charge is 2.25. The zero-order valence-corrected chi connectivity index (χ0v) is 10.9. The summed E-state index contributed by atoms with van der Waals surface area (Å²) in [6.45, 7) is 4.66. The summed E-state index contributed by atoms with van der Waals surface area (Å²) >= 11 is 6.16. The lowest BCUT2D eigenvalue weighted by molar-refractivity contribution is 0.173. The molecule has 0 saturated carbocycles. The van der Waals surface area contributed by atoms with Crippen molar-refractivity contribution in [2.45, 2.75) is 32.6 Å². The molecular weight excluding hydrogens is 240 g/mol. The van der Waals surface area contributed by atoms with Crippen molar-refractivity contribution in [2.75, 3.05) is 13.4 Å². The Balaban J connectivity index is 2.47. The highest BCUT2D eigenvalue weighted by atomic mass is 35.5. The minimum Gasteiger partial charge on any atom is -0.453 e. The predicted octanol–water partition coefficient (Wildman–Crippen LogP) is 3.12. The molecule has 1 N–H and O–H groups in total. The summed E-state index contributed by atoms with van der Waals surface area (Å²) in [5.41, 5.74) is 2.29. The first-order valence-electron chi connectivity index (χ1n) is 5.87. The molecule has 3 nitrogen and oxygen atoms in total. The fraction of sp³-hybridized carbons (Fsp3) is 0.538. The van der Waals surface area contributed by atoms with E-state index in [2.05, 4.69) is 13.8 Å². The zero-order chi connectivity index (χ0) is 12.4. The third-order valence-electron chi connectivity index (χ3n) is 2.90. The van der Waals surface area contributed by atoms with E-state index < -0.39 is 0 Å². The standard InChI is InChI=1S/C13H17ClO3/c1-8(2)11-9(4-3-5-15)6-10(14)12-13(11)17-7-16-12/h6,8,15H,3-5,7H2,1-2H3. The third-order valence-corrected chi connectivity index (χ3v) is 3.18. The average Bonchev–Trinajstić information content (AvgIpc) is 2.74. The van der Waals surface area contributed by atoms with Crippen molar-refractivity contribution in [3.63, 3.8) is 0 Å². The molecular formula is C13H17ClO3. The van der Waals surface area contributed by atoms with Crippen molar-refractivity contribution in [1.82, 2.24) is 0 Å². The maximum absolute atomic E-state index is 8.93. The first-order chi connectivity index (χ1) is 8.15. The van der Waals surface area contributed by atoms with Gasteiger partial charge in [-0.15, -0.1) is 0 Å². The Bertz CT molecular complexity index is 416. The van der Waals surface area contributed by atoms with Crippen molar-refractivity contribution >= 4 is 11.6 Å². The Morgan fingerprint density at radius 3 is 2.71 bits per heavy atom. The van der Waals surface area contributed by atoms with Crippen molar-refractivity contribution in [3.05, 3.63) is 22.2 Å². The van der Waals surface area contributed by atoms with Crippen LogP contribution in [0.25, 0.3) is 0 Å². The Morgan fingerprint density at radius 1 is 1.35 bits per heavy atom. The first-order valence-corrected chi connectivity index (χ1v) is 6.24. The lowest BCUT2D eigenvalue weighted by Gasteiger charge is -2.16. The van der Waals surface area contributed by atoms with Crippen LogP contribution in [0.2, 0.25) is 5.02 Å². The molecule has 0 aliphatic carbocycles. The van der Waals surface area contributed by atoms with Crippen LogP contribution in [0.5, 0.6) is 11.5 Å². The molecule has 0 fully saturated rings. The van der Waals surface area contributed by atoms with Crippen molar-refractivity contribution in [1.29, 1.82) is 0 Å². The highest BCUT2D eigenvalue weighted by molar-refractivity contribution is 6.32. The number of hydrogen-bond donors (Lipinski definition) is 1. The van der Waals surface area contributed by atoms with Crippen molar-refractivity contribution in [2.24, 2.45) is 0 Å². The Hall–Kier alpha value is -0.930. The lowest BCUT2D eigenvalue weighted by Crippen LogP contribution is -2.01. The minimum absolute atomic E-state index is 0.184. The molecule has 17 heavy (non-hydrogen) atoms. The van der Waals surface area contributed by atoms with Gasteiger partial charge in [-0.2, -0.15) is 0 Å². The molecule has 0 unspecified atom stereocenters. The molecule has 0 spiro atoms.